The summed E-state index contributed by atoms with van der Waals surface area (Å²) in [6.45, 7) is 0.201. The first-order valence-corrected chi connectivity index (χ1v) is 5.27. The number of halogens is 4. The third kappa shape index (κ3) is 2.46. The first-order valence-electron chi connectivity index (χ1n) is 4.89. The second-order valence-electron chi connectivity index (χ2n) is 3.49. The summed E-state index contributed by atoms with van der Waals surface area (Å²) in [4.78, 5) is 3.33. The van der Waals surface area contributed by atoms with Crippen molar-refractivity contribution in [1.82, 2.24) is 14.8 Å². The molecule has 2 aromatic heterocycles. The van der Waals surface area contributed by atoms with Gasteiger partial charge < -0.3 is 5.73 Å². The lowest BCUT2D eigenvalue weighted by Gasteiger charge is -2.06. The average Bonchev–Trinajstić information content (AvgIpc) is 2.69. The van der Waals surface area contributed by atoms with Gasteiger partial charge in [0.05, 0.1) is 11.9 Å². The van der Waals surface area contributed by atoms with Gasteiger partial charge in [0.2, 0.25) is 0 Å². The van der Waals surface area contributed by atoms with E-state index in [4.69, 9.17) is 17.3 Å². The molecule has 96 valence electrons. The Balaban J connectivity index is 2.34. The number of pyridine rings is 1. The van der Waals surface area contributed by atoms with Crippen molar-refractivity contribution in [2.45, 2.75) is 12.7 Å². The summed E-state index contributed by atoms with van der Waals surface area (Å²) in [5.41, 5.74) is 5.45. The molecule has 0 saturated heterocycles. The molecule has 0 amide bonds. The van der Waals surface area contributed by atoms with Gasteiger partial charge in [0.15, 0.2) is 5.15 Å². The third-order valence-corrected chi connectivity index (χ3v) is 2.58. The maximum Gasteiger partial charge on any atom is 0.433 e. The predicted molar refractivity (Wildman–Crippen MR) is 59.3 cm³/mol. The molecule has 0 aliphatic heterocycles. The van der Waals surface area contributed by atoms with Crippen LogP contribution in [0.5, 0.6) is 0 Å². The van der Waals surface area contributed by atoms with Crippen LogP contribution in [0.3, 0.4) is 0 Å². The Labute approximate surface area is 105 Å². The highest BCUT2D eigenvalue weighted by Crippen LogP contribution is 2.27. The molecule has 0 aromatic carbocycles. The Morgan fingerprint density at radius 1 is 1.33 bits per heavy atom. The summed E-state index contributed by atoms with van der Waals surface area (Å²) < 4.78 is 38.3. The van der Waals surface area contributed by atoms with E-state index >= 15 is 0 Å². The molecular formula is C10H8ClF3N4. The average molecular weight is 277 g/mol. The molecule has 0 saturated carbocycles. The van der Waals surface area contributed by atoms with Crippen LogP contribution in [-0.2, 0) is 12.7 Å². The highest BCUT2D eigenvalue weighted by atomic mass is 35.5. The summed E-state index contributed by atoms with van der Waals surface area (Å²) in [5, 5.41) is 4.14. The van der Waals surface area contributed by atoms with Crippen molar-refractivity contribution in [1.29, 1.82) is 0 Å². The van der Waals surface area contributed by atoms with Crippen molar-refractivity contribution >= 4 is 11.6 Å². The van der Waals surface area contributed by atoms with Crippen LogP contribution in [-0.4, -0.2) is 14.8 Å². The van der Waals surface area contributed by atoms with Crippen LogP contribution in [0.15, 0.2) is 24.5 Å². The Bertz CT molecular complexity index is 547. The third-order valence-electron chi connectivity index (χ3n) is 2.26. The van der Waals surface area contributed by atoms with Crippen LogP contribution in [0.1, 0.15) is 11.3 Å². The van der Waals surface area contributed by atoms with Crippen LogP contribution < -0.4 is 5.73 Å². The fourth-order valence-corrected chi connectivity index (χ4v) is 1.55. The van der Waals surface area contributed by atoms with E-state index in [0.29, 0.717) is 11.3 Å². The number of hydrogen-bond donors (Lipinski definition) is 1. The second-order valence-corrected chi connectivity index (χ2v) is 3.85. The molecule has 2 heterocycles. The zero-order valence-corrected chi connectivity index (χ0v) is 9.70. The molecule has 0 unspecified atom stereocenters. The van der Waals surface area contributed by atoms with Crippen molar-refractivity contribution in [3.05, 3.63) is 40.9 Å². The molecule has 0 radical (unpaired) electrons. The van der Waals surface area contributed by atoms with Gasteiger partial charge in [-0.05, 0) is 12.1 Å². The molecule has 0 spiro atoms. The van der Waals surface area contributed by atoms with Crippen molar-refractivity contribution < 1.29 is 13.2 Å². The molecule has 2 aromatic rings. The molecule has 0 fully saturated rings. The minimum Gasteiger partial charge on any atom is -0.326 e. The number of hydrogen-bond acceptors (Lipinski definition) is 3. The molecule has 18 heavy (non-hydrogen) atoms. The number of rotatable bonds is 2. The zero-order chi connectivity index (χ0) is 13.3. The number of nitrogens with zero attached hydrogens (tertiary/aromatic N) is 3. The van der Waals surface area contributed by atoms with E-state index in [2.05, 4.69) is 10.1 Å². The monoisotopic (exact) mass is 276 g/mol. The van der Waals surface area contributed by atoms with Crippen molar-refractivity contribution in [3.63, 3.8) is 0 Å². The van der Waals surface area contributed by atoms with Gasteiger partial charge in [0, 0.05) is 18.3 Å². The highest BCUT2D eigenvalue weighted by molar-refractivity contribution is 6.30. The Morgan fingerprint density at radius 2 is 2.06 bits per heavy atom. The fraction of sp³-hybridized carbons (Fsp3) is 0.200. The number of nitrogens with two attached hydrogens (primary N) is 1. The van der Waals surface area contributed by atoms with Gasteiger partial charge in [-0.15, -0.1) is 0 Å². The van der Waals surface area contributed by atoms with E-state index in [9.17, 15) is 13.2 Å². The Hall–Kier alpha value is -1.60. The predicted octanol–water partition coefficient (Wildman–Crippen LogP) is 2.40. The van der Waals surface area contributed by atoms with E-state index in [1.807, 2.05) is 0 Å². The SMILES string of the molecule is NCc1cn(-c2ccc(C(F)(F)F)nc2)nc1Cl. The second kappa shape index (κ2) is 4.58. The summed E-state index contributed by atoms with van der Waals surface area (Å²) in [6, 6.07) is 2.15. The highest BCUT2D eigenvalue weighted by Gasteiger charge is 2.32. The van der Waals surface area contributed by atoms with Gasteiger partial charge >= 0.3 is 6.18 Å². The summed E-state index contributed by atoms with van der Waals surface area (Å²) in [5.74, 6) is 0. The van der Waals surface area contributed by atoms with Gasteiger partial charge in [-0.1, -0.05) is 11.6 Å². The minimum absolute atomic E-state index is 0.201. The van der Waals surface area contributed by atoms with E-state index in [1.54, 1.807) is 6.20 Å². The number of aromatic nitrogens is 3. The lowest BCUT2D eigenvalue weighted by Crippen LogP contribution is -2.08. The van der Waals surface area contributed by atoms with Crippen molar-refractivity contribution in [2.24, 2.45) is 5.73 Å². The molecule has 0 aliphatic rings. The molecule has 0 aliphatic carbocycles. The molecular weight excluding hydrogens is 269 g/mol. The lowest BCUT2D eigenvalue weighted by atomic mass is 10.3. The topological polar surface area (TPSA) is 56.7 Å². The molecule has 2 rings (SSSR count). The van der Waals surface area contributed by atoms with E-state index in [-0.39, 0.29) is 11.7 Å². The van der Waals surface area contributed by atoms with Crippen LogP contribution in [0.25, 0.3) is 5.69 Å². The maximum absolute atomic E-state index is 12.3. The van der Waals surface area contributed by atoms with Gasteiger partial charge in [-0.3, -0.25) is 0 Å². The minimum atomic E-state index is -4.46. The van der Waals surface area contributed by atoms with Crippen LogP contribution in [0.4, 0.5) is 13.2 Å². The van der Waals surface area contributed by atoms with Gasteiger partial charge in [0.25, 0.3) is 0 Å². The van der Waals surface area contributed by atoms with Gasteiger partial charge in [0.1, 0.15) is 5.69 Å². The normalized spacial score (nSPS) is 11.8. The molecule has 2 N–H and O–H groups in total. The smallest absolute Gasteiger partial charge is 0.326 e. The lowest BCUT2D eigenvalue weighted by molar-refractivity contribution is -0.141. The zero-order valence-electron chi connectivity index (χ0n) is 8.95. The van der Waals surface area contributed by atoms with Crippen LogP contribution >= 0.6 is 11.6 Å². The summed E-state index contributed by atoms with van der Waals surface area (Å²) in [7, 11) is 0. The van der Waals surface area contributed by atoms with Gasteiger partial charge in [-0.25, -0.2) is 9.67 Å². The largest absolute Gasteiger partial charge is 0.433 e. The summed E-state index contributed by atoms with van der Waals surface area (Å²) >= 11 is 5.79. The van der Waals surface area contributed by atoms with Gasteiger partial charge in [-0.2, -0.15) is 18.3 Å². The quantitative estimate of drug-likeness (QED) is 0.916. The molecule has 8 heteroatoms. The molecule has 0 bridgehead atoms. The van der Waals surface area contributed by atoms with E-state index in [1.165, 1.54) is 10.7 Å². The van der Waals surface area contributed by atoms with Crippen molar-refractivity contribution in [3.8, 4) is 5.69 Å². The molecule has 0 atom stereocenters. The van der Waals surface area contributed by atoms with Crippen molar-refractivity contribution in [2.75, 3.05) is 0 Å². The maximum atomic E-state index is 12.3. The van der Waals surface area contributed by atoms with E-state index in [0.717, 1.165) is 12.3 Å². The Morgan fingerprint density at radius 3 is 2.50 bits per heavy atom. The van der Waals surface area contributed by atoms with E-state index < -0.39 is 11.9 Å². The standard InChI is InChI=1S/C10H8ClF3N4/c11-9-6(3-15)5-18(17-9)7-1-2-8(16-4-7)10(12,13)14/h1-2,4-5H,3,15H2. The van der Waals surface area contributed by atoms with Crippen LogP contribution in [0.2, 0.25) is 5.15 Å². The first kappa shape index (κ1) is 12.8. The van der Waals surface area contributed by atoms with Crippen LogP contribution in [0, 0.1) is 0 Å². The number of alkyl halides is 3. The summed E-state index contributed by atoms with van der Waals surface area (Å²) in [6.07, 6.45) is -1.83. The molecule has 4 nitrogen and oxygen atoms in total. The first-order chi connectivity index (χ1) is 8.41. The Kier molecular flexibility index (Phi) is 3.27. The fourth-order valence-electron chi connectivity index (χ4n) is 1.35.